The quantitative estimate of drug-likeness (QED) is 0.665. The molecule has 27 heavy (non-hydrogen) atoms. The number of ether oxygens (including phenoxy) is 3. The topological polar surface area (TPSA) is 85.8 Å². The molecule has 0 spiro atoms. The fourth-order valence-electron chi connectivity index (χ4n) is 2.48. The molecule has 7 nitrogen and oxygen atoms in total. The third kappa shape index (κ3) is 5.61. The van der Waals surface area contributed by atoms with Gasteiger partial charge in [0.15, 0.2) is 11.5 Å². The van der Waals surface area contributed by atoms with E-state index in [0.29, 0.717) is 16.9 Å². The van der Waals surface area contributed by atoms with E-state index in [1.165, 1.54) is 0 Å². The number of rotatable bonds is 8. The summed E-state index contributed by atoms with van der Waals surface area (Å²) in [7, 11) is 3.22. The number of aromatic nitrogens is 1. The first-order chi connectivity index (χ1) is 13.1. The number of esters is 1. The standard InChI is InChI=1S/C20H23N3O4/c1-4-27-20(24)17(14-21)22-16-8-11-23(12-9-16)10-7-15-5-6-18(25-2)19(13-15)26-3/h5-6,8-9,11-13,17H,4,7,10H2,1-3H3/t17-/m0/s1. The summed E-state index contributed by atoms with van der Waals surface area (Å²) in [5.74, 6) is 0.773. The molecule has 0 aliphatic carbocycles. The van der Waals surface area contributed by atoms with Gasteiger partial charge in [-0.2, -0.15) is 5.26 Å². The fourth-order valence-corrected chi connectivity index (χ4v) is 2.48. The molecule has 1 atom stereocenters. The first kappa shape index (κ1) is 20.0. The summed E-state index contributed by atoms with van der Waals surface area (Å²) >= 11 is 0. The van der Waals surface area contributed by atoms with Gasteiger partial charge in [-0.05, 0) is 43.2 Å². The predicted octanol–water partition coefficient (Wildman–Crippen LogP) is 2.10. The number of methoxy groups -OCH3 is 2. The fraction of sp³-hybridized carbons (Fsp3) is 0.350. The normalized spacial score (nSPS) is 11.2. The second-order valence-electron chi connectivity index (χ2n) is 5.65. The second-order valence-corrected chi connectivity index (χ2v) is 5.65. The summed E-state index contributed by atoms with van der Waals surface area (Å²) in [5, 5.41) is 9.61. The van der Waals surface area contributed by atoms with Crippen molar-refractivity contribution in [3.05, 3.63) is 53.6 Å². The summed E-state index contributed by atoms with van der Waals surface area (Å²) in [6.07, 6.45) is 4.53. The molecule has 0 saturated carbocycles. The minimum absolute atomic E-state index is 0.220. The van der Waals surface area contributed by atoms with E-state index in [4.69, 9.17) is 19.5 Å². The van der Waals surface area contributed by atoms with E-state index in [9.17, 15) is 4.79 Å². The molecule has 7 heteroatoms. The Bertz CT molecular complexity index is 863. The Morgan fingerprint density at radius 2 is 1.89 bits per heavy atom. The third-order valence-corrected chi connectivity index (χ3v) is 3.89. The van der Waals surface area contributed by atoms with E-state index in [1.807, 2.05) is 41.2 Å². The Hall–Kier alpha value is -3.27. The van der Waals surface area contributed by atoms with Crippen molar-refractivity contribution in [3.8, 4) is 17.6 Å². The van der Waals surface area contributed by atoms with Gasteiger partial charge in [-0.25, -0.2) is 4.79 Å². The molecular weight excluding hydrogens is 346 g/mol. The minimum atomic E-state index is -1.15. The molecule has 0 amide bonds. The van der Waals surface area contributed by atoms with E-state index < -0.39 is 12.0 Å². The number of benzene rings is 1. The highest BCUT2D eigenvalue weighted by Gasteiger charge is 2.16. The van der Waals surface area contributed by atoms with Crippen molar-refractivity contribution >= 4 is 5.97 Å². The van der Waals surface area contributed by atoms with Crippen LogP contribution in [-0.4, -0.2) is 37.4 Å². The Morgan fingerprint density at radius 3 is 2.48 bits per heavy atom. The zero-order valence-electron chi connectivity index (χ0n) is 15.7. The molecule has 2 rings (SSSR count). The summed E-state index contributed by atoms with van der Waals surface area (Å²) in [6, 6.07) is 10.1. The maximum Gasteiger partial charge on any atom is 0.345 e. The van der Waals surface area contributed by atoms with Crippen LogP contribution >= 0.6 is 0 Å². The van der Waals surface area contributed by atoms with Gasteiger partial charge >= 0.3 is 5.97 Å². The molecular formula is C20H23N3O4. The van der Waals surface area contributed by atoms with Crippen LogP contribution in [0.15, 0.2) is 47.7 Å². The lowest BCUT2D eigenvalue weighted by Crippen LogP contribution is -2.22. The smallest absolute Gasteiger partial charge is 0.345 e. The van der Waals surface area contributed by atoms with Crippen LogP contribution in [0.2, 0.25) is 0 Å². The van der Waals surface area contributed by atoms with Crippen molar-refractivity contribution in [1.82, 2.24) is 4.57 Å². The van der Waals surface area contributed by atoms with Crippen molar-refractivity contribution in [3.63, 3.8) is 0 Å². The Balaban J connectivity index is 2.04. The van der Waals surface area contributed by atoms with E-state index >= 15 is 0 Å². The largest absolute Gasteiger partial charge is 0.493 e. The van der Waals surface area contributed by atoms with Gasteiger partial charge in [-0.1, -0.05) is 6.07 Å². The summed E-state index contributed by atoms with van der Waals surface area (Å²) in [4.78, 5) is 15.8. The molecule has 0 fully saturated rings. The van der Waals surface area contributed by atoms with Crippen molar-refractivity contribution in [2.45, 2.75) is 25.9 Å². The SMILES string of the molecule is CCOC(=O)[C@H](C#N)N=c1ccn(CCc2ccc(OC)c(OC)c2)cc1. The number of nitriles is 1. The third-order valence-electron chi connectivity index (χ3n) is 3.89. The number of pyridine rings is 1. The molecule has 0 aliphatic heterocycles. The second kappa shape index (κ2) is 10.0. The Kier molecular flexibility index (Phi) is 7.44. The molecule has 142 valence electrons. The Morgan fingerprint density at radius 1 is 1.19 bits per heavy atom. The average molecular weight is 369 g/mol. The lowest BCUT2D eigenvalue weighted by Gasteiger charge is -2.10. The van der Waals surface area contributed by atoms with Crippen molar-refractivity contribution in [2.75, 3.05) is 20.8 Å². The molecule has 0 unspecified atom stereocenters. The first-order valence-corrected chi connectivity index (χ1v) is 8.58. The van der Waals surface area contributed by atoms with Gasteiger partial charge in [0, 0.05) is 18.9 Å². The summed E-state index contributed by atoms with van der Waals surface area (Å²) in [6.45, 7) is 2.67. The minimum Gasteiger partial charge on any atom is -0.493 e. The van der Waals surface area contributed by atoms with Crippen LogP contribution in [0.4, 0.5) is 0 Å². The monoisotopic (exact) mass is 369 g/mol. The predicted molar refractivity (Wildman–Crippen MR) is 99.3 cm³/mol. The van der Waals surface area contributed by atoms with Crippen molar-refractivity contribution in [2.24, 2.45) is 4.99 Å². The van der Waals surface area contributed by atoms with E-state index in [0.717, 1.165) is 18.5 Å². The molecule has 0 radical (unpaired) electrons. The van der Waals surface area contributed by atoms with Crippen LogP contribution in [0.3, 0.4) is 0 Å². The first-order valence-electron chi connectivity index (χ1n) is 8.58. The van der Waals surface area contributed by atoms with Gasteiger partial charge in [-0.3, -0.25) is 4.99 Å². The molecule has 0 saturated heterocycles. The number of carbonyl (C=O) groups is 1. The van der Waals surface area contributed by atoms with Gasteiger partial charge in [-0.15, -0.1) is 0 Å². The highest BCUT2D eigenvalue weighted by Crippen LogP contribution is 2.27. The molecule has 2 aromatic rings. The van der Waals surface area contributed by atoms with Crippen LogP contribution in [0.5, 0.6) is 11.5 Å². The maximum absolute atomic E-state index is 11.6. The zero-order chi connectivity index (χ0) is 19.6. The summed E-state index contributed by atoms with van der Waals surface area (Å²) in [5.41, 5.74) is 1.13. The van der Waals surface area contributed by atoms with E-state index in [1.54, 1.807) is 33.3 Å². The van der Waals surface area contributed by atoms with Gasteiger partial charge in [0.25, 0.3) is 0 Å². The molecule has 1 heterocycles. The van der Waals surface area contributed by atoms with E-state index in [-0.39, 0.29) is 6.61 Å². The molecule has 0 aliphatic rings. The maximum atomic E-state index is 11.6. The van der Waals surface area contributed by atoms with E-state index in [2.05, 4.69) is 4.99 Å². The number of carbonyl (C=O) groups excluding carboxylic acids is 1. The van der Waals surface area contributed by atoms with Crippen molar-refractivity contribution < 1.29 is 19.0 Å². The zero-order valence-corrected chi connectivity index (χ0v) is 15.7. The van der Waals surface area contributed by atoms with Crippen LogP contribution in [0.1, 0.15) is 12.5 Å². The van der Waals surface area contributed by atoms with Crippen LogP contribution < -0.4 is 14.8 Å². The lowest BCUT2D eigenvalue weighted by atomic mass is 10.1. The highest BCUT2D eigenvalue weighted by atomic mass is 16.5. The average Bonchev–Trinajstić information content (AvgIpc) is 2.71. The molecule has 1 aromatic heterocycles. The van der Waals surface area contributed by atoms with Crippen LogP contribution in [-0.2, 0) is 22.5 Å². The van der Waals surface area contributed by atoms with Gasteiger partial charge in [0.1, 0.15) is 6.07 Å². The number of nitrogens with zero attached hydrogens (tertiary/aromatic N) is 3. The number of hydrogen-bond donors (Lipinski definition) is 0. The van der Waals surface area contributed by atoms with Gasteiger partial charge in [0.2, 0.25) is 6.04 Å². The highest BCUT2D eigenvalue weighted by molar-refractivity contribution is 5.79. The Labute approximate surface area is 158 Å². The molecule has 0 bridgehead atoms. The number of hydrogen-bond acceptors (Lipinski definition) is 6. The summed E-state index contributed by atoms with van der Waals surface area (Å²) < 4.78 is 17.4. The van der Waals surface area contributed by atoms with Crippen molar-refractivity contribution in [1.29, 1.82) is 5.26 Å². The van der Waals surface area contributed by atoms with Gasteiger partial charge in [0.05, 0.1) is 26.2 Å². The van der Waals surface area contributed by atoms with Crippen LogP contribution in [0, 0.1) is 11.3 Å². The van der Waals surface area contributed by atoms with Crippen LogP contribution in [0.25, 0.3) is 0 Å². The number of aryl methyl sites for hydroxylation is 2. The lowest BCUT2D eigenvalue weighted by molar-refractivity contribution is -0.143. The van der Waals surface area contributed by atoms with Gasteiger partial charge < -0.3 is 18.8 Å². The molecule has 0 N–H and O–H groups in total. The molecule has 1 aromatic carbocycles.